The van der Waals surface area contributed by atoms with Crippen LogP contribution in [0.1, 0.15) is 11.3 Å². The Morgan fingerprint density at radius 2 is 2.00 bits per heavy atom. The lowest BCUT2D eigenvalue weighted by Gasteiger charge is -1.99. The van der Waals surface area contributed by atoms with Crippen LogP contribution >= 0.6 is 11.6 Å². The van der Waals surface area contributed by atoms with E-state index in [0.717, 1.165) is 5.56 Å². The van der Waals surface area contributed by atoms with Crippen molar-refractivity contribution in [3.63, 3.8) is 0 Å². The number of aryl methyl sites for hydroxylation is 1. The normalized spacial score (nSPS) is 11.1. The zero-order valence-electron chi connectivity index (χ0n) is 13.0. The molecule has 0 spiro atoms. The summed E-state index contributed by atoms with van der Waals surface area (Å²) >= 11 is 5.90. The second-order valence-electron chi connectivity index (χ2n) is 5.20. The molecule has 0 amide bonds. The Morgan fingerprint density at radius 3 is 2.64 bits per heavy atom. The molecule has 126 valence electrons. The lowest BCUT2D eigenvalue weighted by atomic mass is 10.2. The van der Waals surface area contributed by atoms with Gasteiger partial charge in [-0.1, -0.05) is 11.6 Å². The molecule has 1 aromatic heterocycles. The first-order valence-electron chi connectivity index (χ1n) is 7.19. The van der Waals surface area contributed by atoms with Gasteiger partial charge in [-0.25, -0.2) is 4.98 Å². The van der Waals surface area contributed by atoms with E-state index < -0.39 is 4.92 Å². The van der Waals surface area contributed by atoms with Gasteiger partial charge in [-0.3, -0.25) is 15.1 Å². The number of nitro groups is 1. The molecule has 3 aromatic rings. The number of aromatic nitrogens is 1. The summed E-state index contributed by atoms with van der Waals surface area (Å²) < 4.78 is 5.20. The van der Waals surface area contributed by atoms with Crippen molar-refractivity contribution in [1.29, 1.82) is 0 Å². The highest BCUT2D eigenvalue weighted by Crippen LogP contribution is 2.28. The highest BCUT2D eigenvalue weighted by molar-refractivity contribution is 6.30. The zero-order valence-corrected chi connectivity index (χ0v) is 13.8. The largest absolute Gasteiger partial charge is 0.479 e. The van der Waals surface area contributed by atoms with Gasteiger partial charge in [0, 0.05) is 22.7 Å². The fourth-order valence-corrected chi connectivity index (χ4v) is 2.38. The number of hydrogen-bond donors (Lipinski definition) is 1. The number of aliphatic imine (C=N–C) groups is 1. The van der Waals surface area contributed by atoms with Gasteiger partial charge in [0.15, 0.2) is 5.69 Å². The van der Waals surface area contributed by atoms with E-state index in [1.807, 2.05) is 6.92 Å². The Hall–Kier alpha value is -3.19. The van der Waals surface area contributed by atoms with Crippen molar-refractivity contribution in [1.82, 2.24) is 4.98 Å². The third-order valence-corrected chi connectivity index (χ3v) is 3.68. The molecular weight excluding hydrogens is 346 g/mol. The van der Waals surface area contributed by atoms with Crippen LogP contribution in [0.15, 0.2) is 51.9 Å². The molecular formula is C17H12ClN3O4. The molecule has 0 atom stereocenters. The molecule has 25 heavy (non-hydrogen) atoms. The summed E-state index contributed by atoms with van der Waals surface area (Å²) in [6, 6.07) is 10.9. The van der Waals surface area contributed by atoms with E-state index in [-0.39, 0.29) is 23.2 Å². The molecule has 3 rings (SSSR count). The Labute approximate surface area is 147 Å². The molecule has 2 aromatic carbocycles. The molecule has 0 aliphatic heterocycles. The van der Waals surface area contributed by atoms with Crippen LogP contribution in [0.5, 0.6) is 5.95 Å². The predicted octanol–water partition coefficient (Wildman–Crippen LogP) is 4.67. The Morgan fingerprint density at radius 1 is 1.28 bits per heavy atom. The van der Waals surface area contributed by atoms with E-state index >= 15 is 0 Å². The molecule has 1 N–H and O–H groups in total. The Bertz CT molecular complexity index is 965. The van der Waals surface area contributed by atoms with E-state index in [2.05, 4.69) is 9.98 Å². The number of nitro benzene ring substituents is 1. The molecule has 0 bridgehead atoms. The third-order valence-electron chi connectivity index (χ3n) is 3.44. The summed E-state index contributed by atoms with van der Waals surface area (Å²) in [5.41, 5.74) is 2.18. The number of benzene rings is 2. The summed E-state index contributed by atoms with van der Waals surface area (Å²) in [4.78, 5) is 18.6. The maximum Gasteiger partial charge on any atom is 0.312 e. The van der Waals surface area contributed by atoms with Crippen LogP contribution < -0.4 is 0 Å². The number of aromatic hydroxyl groups is 1. The number of halogens is 1. The number of oxazole rings is 1. The average molecular weight is 358 g/mol. The number of rotatable bonds is 4. The number of hydrogen-bond acceptors (Lipinski definition) is 6. The molecule has 0 aliphatic rings. The third kappa shape index (κ3) is 3.67. The number of non-ortho nitro benzene ring substituents is 1. The quantitative estimate of drug-likeness (QED) is 0.415. The van der Waals surface area contributed by atoms with Gasteiger partial charge >= 0.3 is 5.95 Å². The summed E-state index contributed by atoms with van der Waals surface area (Å²) in [5.74, 6) is -0.245. The lowest BCUT2D eigenvalue weighted by Crippen LogP contribution is -1.87. The van der Waals surface area contributed by atoms with E-state index in [1.54, 1.807) is 18.2 Å². The van der Waals surface area contributed by atoms with Crippen LogP contribution in [0.2, 0.25) is 5.02 Å². The molecule has 0 unspecified atom stereocenters. The van der Waals surface area contributed by atoms with E-state index in [9.17, 15) is 15.2 Å². The maximum atomic E-state index is 10.7. The first-order chi connectivity index (χ1) is 11.9. The molecule has 1 heterocycles. The SMILES string of the molecule is Cc1cc(Cl)ccc1N=Cc1nc(-c2ccc([N+](=O)[O-])cc2)oc1O. The van der Waals surface area contributed by atoms with E-state index in [1.165, 1.54) is 30.5 Å². The van der Waals surface area contributed by atoms with Crippen molar-refractivity contribution in [2.75, 3.05) is 0 Å². The summed E-state index contributed by atoms with van der Waals surface area (Å²) in [6.45, 7) is 1.86. The van der Waals surface area contributed by atoms with Crippen LogP contribution in [0.25, 0.3) is 11.5 Å². The van der Waals surface area contributed by atoms with Crippen molar-refractivity contribution in [2.24, 2.45) is 4.99 Å². The van der Waals surface area contributed by atoms with Crippen LogP contribution in [0.3, 0.4) is 0 Å². The molecule has 8 heteroatoms. The molecule has 0 aliphatic carbocycles. The maximum absolute atomic E-state index is 10.7. The van der Waals surface area contributed by atoms with E-state index in [4.69, 9.17) is 16.0 Å². The van der Waals surface area contributed by atoms with Gasteiger partial charge in [0.05, 0.1) is 16.8 Å². The van der Waals surface area contributed by atoms with E-state index in [0.29, 0.717) is 16.3 Å². The van der Waals surface area contributed by atoms with Gasteiger partial charge in [0.1, 0.15) is 0 Å². The van der Waals surface area contributed by atoms with Gasteiger partial charge in [-0.15, -0.1) is 0 Å². The molecule has 0 saturated carbocycles. The monoisotopic (exact) mass is 357 g/mol. The molecule has 0 saturated heterocycles. The first kappa shape index (κ1) is 16.7. The fraction of sp³-hybridized carbons (Fsp3) is 0.0588. The van der Waals surface area contributed by atoms with Crippen molar-refractivity contribution in [2.45, 2.75) is 6.92 Å². The van der Waals surface area contributed by atoms with Crippen LogP contribution in [-0.4, -0.2) is 21.2 Å². The molecule has 0 radical (unpaired) electrons. The van der Waals surface area contributed by atoms with Gasteiger partial charge < -0.3 is 9.52 Å². The number of nitrogens with zero attached hydrogens (tertiary/aromatic N) is 3. The molecule has 7 nitrogen and oxygen atoms in total. The minimum atomic E-state index is -0.497. The average Bonchev–Trinajstić information content (AvgIpc) is 2.95. The second kappa shape index (κ2) is 6.74. The molecule has 0 fully saturated rings. The van der Waals surface area contributed by atoms with Crippen LogP contribution in [0.4, 0.5) is 11.4 Å². The van der Waals surface area contributed by atoms with Crippen LogP contribution in [0, 0.1) is 17.0 Å². The van der Waals surface area contributed by atoms with Gasteiger partial charge in [-0.2, -0.15) is 0 Å². The van der Waals surface area contributed by atoms with Crippen molar-refractivity contribution in [3.05, 3.63) is 68.9 Å². The first-order valence-corrected chi connectivity index (χ1v) is 7.56. The second-order valence-corrected chi connectivity index (χ2v) is 5.64. The Kier molecular flexibility index (Phi) is 4.49. The summed E-state index contributed by atoms with van der Waals surface area (Å²) in [5, 5.41) is 21.2. The van der Waals surface area contributed by atoms with Crippen molar-refractivity contribution >= 4 is 29.2 Å². The summed E-state index contributed by atoms with van der Waals surface area (Å²) in [7, 11) is 0. The predicted molar refractivity (Wildman–Crippen MR) is 93.7 cm³/mol. The smallest absolute Gasteiger partial charge is 0.312 e. The standard InChI is InChI=1S/C17H12ClN3O4/c1-10-8-12(18)4-7-14(10)19-9-15-17(22)25-16(20-15)11-2-5-13(6-3-11)21(23)24/h2-9,22H,1H3. The highest BCUT2D eigenvalue weighted by atomic mass is 35.5. The lowest BCUT2D eigenvalue weighted by molar-refractivity contribution is -0.384. The van der Waals surface area contributed by atoms with Gasteiger partial charge in [-0.05, 0) is 42.8 Å². The minimum Gasteiger partial charge on any atom is -0.479 e. The Balaban J connectivity index is 1.87. The van der Waals surface area contributed by atoms with Crippen LogP contribution in [-0.2, 0) is 0 Å². The summed E-state index contributed by atoms with van der Waals surface area (Å²) in [6.07, 6.45) is 1.38. The zero-order chi connectivity index (χ0) is 18.0. The highest BCUT2D eigenvalue weighted by Gasteiger charge is 2.14. The van der Waals surface area contributed by atoms with Crippen molar-refractivity contribution in [3.8, 4) is 17.4 Å². The minimum absolute atomic E-state index is 0.0421. The van der Waals surface area contributed by atoms with Crippen molar-refractivity contribution < 1.29 is 14.4 Å². The topological polar surface area (TPSA) is 102 Å². The van der Waals surface area contributed by atoms with Gasteiger partial charge in [0.25, 0.3) is 5.69 Å². The fourth-order valence-electron chi connectivity index (χ4n) is 2.15. The van der Waals surface area contributed by atoms with Gasteiger partial charge in [0.2, 0.25) is 5.89 Å².